The van der Waals surface area contributed by atoms with Crippen molar-refractivity contribution >= 4 is 22.5 Å². The molecule has 0 saturated heterocycles. The molecule has 1 aliphatic carbocycles. The van der Waals surface area contributed by atoms with Gasteiger partial charge in [-0.25, -0.2) is 4.98 Å². The molecule has 0 radical (unpaired) electrons. The number of alkyl halides is 3. The van der Waals surface area contributed by atoms with Crippen LogP contribution in [0, 0.1) is 0 Å². The zero-order valence-electron chi connectivity index (χ0n) is 10.7. The SMILES string of the molecule is O=c1[nH]c(CNC2(C(F)(F)F)CC2)nc2cc(Cl)ccc12. The summed E-state index contributed by atoms with van der Waals surface area (Å²) < 4.78 is 38.4. The van der Waals surface area contributed by atoms with Crippen molar-refractivity contribution in [3.8, 4) is 0 Å². The zero-order valence-corrected chi connectivity index (χ0v) is 11.5. The summed E-state index contributed by atoms with van der Waals surface area (Å²) in [6, 6.07) is 4.59. The smallest absolute Gasteiger partial charge is 0.309 e. The summed E-state index contributed by atoms with van der Waals surface area (Å²) in [5.74, 6) is 0.158. The molecule has 1 aromatic carbocycles. The van der Waals surface area contributed by atoms with E-state index < -0.39 is 17.3 Å². The molecule has 8 heteroatoms. The molecule has 2 aromatic rings. The third kappa shape index (κ3) is 2.63. The first-order valence-electron chi connectivity index (χ1n) is 6.31. The molecule has 3 rings (SSSR count). The van der Waals surface area contributed by atoms with Crippen LogP contribution in [0.25, 0.3) is 10.9 Å². The maximum atomic E-state index is 12.8. The molecule has 1 saturated carbocycles. The number of fused-ring (bicyclic) bond motifs is 1. The first-order chi connectivity index (χ1) is 9.81. The molecular formula is C13H11ClF3N3O. The lowest BCUT2D eigenvalue weighted by Gasteiger charge is -2.20. The maximum absolute atomic E-state index is 12.8. The van der Waals surface area contributed by atoms with E-state index in [0.29, 0.717) is 15.9 Å². The molecule has 112 valence electrons. The summed E-state index contributed by atoms with van der Waals surface area (Å²) in [7, 11) is 0. The molecule has 0 atom stereocenters. The van der Waals surface area contributed by atoms with Crippen LogP contribution >= 0.6 is 11.6 Å². The Bertz CT molecular complexity index is 752. The summed E-state index contributed by atoms with van der Waals surface area (Å²) >= 11 is 5.83. The van der Waals surface area contributed by atoms with E-state index in [0.717, 1.165) is 0 Å². The number of nitrogens with one attached hydrogen (secondary N) is 2. The predicted octanol–water partition coefficient (Wildman–Crippen LogP) is 2.76. The van der Waals surface area contributed by atoms with Crippen LogP contribution in [0.1, 0.15) is 18.7 Å². The van der Waals surface area contributed by atoms with Crippen LogP contribution in [0.5, 0.6) is 0 Å². The summed E-state index contributed by atoms with van der Waals surface area (Å²) in [5.41, 5.74) is -1.88. The Morgan fingerprint density at radius 1 is 1.38 bits per heavy atom. The molecule has 0 spiro atoms. The van der Waals surface area contributed by atoms with Gasteiger partial charge in [0.15, 0.2) is 0 Å². The molecule has 0 aliphatic heterocycles. The number of hydrogen-bond acceptors (Lipinski definition) is 3. The van der Waals surface area contributed by atoms with E-state index in [1.165, 1.54) is 12.1 Å². The Morgan fingerprint density at radius 3 is 2.71 bits per heavy atom. The molecule has 1 heterocycles. The third-order valence-corrected chi connectivity index (χ3v) is 3.84. The van der Waals surface area contributed by atoms with Gasteiger partial charge in [0, 0.05) is 5.02 Å². The minimum atomic E-state index is -4.30. The van der Waals surface area contributed by atoms with Crippen molar-refractivity contribution in [2.24, 2.45) is 0 Å². The Balaban J connectivity index is 1.87. The number of nitrogens with zero attached hydrogens (tertiary/aromatic N) is 1. The second-order valence-electron chi connectivity index (χ2n) is 5.11. The molecule has 0 bridgehead atoms. The van der Waals surface area contributed by atoms with Crippen molar-refractivity contribution in [3.63, 3.8) is 0 Å². The highest BCUT2D eigenvalue weighted by Crippen LogP contribution is 2.48. The molecule has 1 aliphatic rings. The number of benzene rings is 1. The van der Waals surface area contributed by atoms with Gasteiger partial charge in [0.05, 0.1) is 17.4 Å². The lowest BCUT2D eigenvalue weighted by Crippen LogP contribution is -2.44. The van der Waals surface area contributed by atoms with Crippen LogP contribution in [0.2, 0.25) is 5.02 Å². The van der Waals surface area contributed by atoms with Gasteiger partial charge in [0.25, 0.3) is 5.56 Å². The van der Waals surface area contributed by atoms with Gasteiger partial charge in [-0.1, -0.05) is 11.6 Å². The summed E-state index contributed by atoms with van der Waals surface area (Å²) in [6.45, 7) is -0.156. The van der Waals surface area contributed by atoms with E-state index in [1.54, 1.807) is 6.07 Å². The van der Waals surface area contributed by atoms with Crippen LogP contribution < -0.4 is 10.9 Å². The summed E-state index contributed by atoms with van der Waals surface area (Å²) in [4.78, 5) is 18.5. The summed E-state index contributed by atoms with van der Waals surface area (Å²) in [5, 5.41) is 3.20. The predicted molar refractivity (Wildman–Crippen MR) is 72.2 cm³/mol. The Kier molecular flexibility index (Phi) is 3.22. The van der Waals surface area contributed by atoms with E-state index in [-0.39, 0.29) is 25.2 Å². The minimum Gasteiger partial charge on any atom is -0.309 e. The molecule has 21 heavy (non-hydrogen) atoms. The first kappa shape index (κ1) is 14.3. The van der Waals surface area contributed by atoms with Gasteiger partial charge in [-0.2, -0.15) is 13.2 Å². The quantitative estimate of drug-likeness (QED) is 0.915. The van der Waals surface area contributed by atoms with Crippen molar-refractivity contribution in [1.29, 1.82) is 0 Å². The van der Waals surface area contributed by atoms with E-state index in [4.69, 9.17) is 11.6 Å². The number of aromatic nitrogens is 2. The second-order valence-corrected chi connectivity index (χ2v) is 5.54. The van der Waals surface area contributed by atoms with Crippen molar-refractivity contribution < 1.29 is 13.2 Å². The molecule has 0 amide bonds. The van der Waals surface area contributed by atoms with Gasteiger partial charge in [-0.15, -0.1) is 0 Å². The standard InChI is InChI=1S/C13H11ClF3N3O/c14-7-1-2-8-9(5-7)19-10(20-11(8)21)6-18-12(3-4-12)13(15,16)17/h1-2,5,18H,3-4,6H2,(H,19,20,21). The lowest BCUT2D eigenvalue weighted by atomic mass is 10.2. The number of hydrogen-bond donors (Lipinski definition) is 2. The van der Waals surface area contributed by atoms with Crippen molar-refractivity contribution in [2.75, 3.05) is 0 Å². The van der Waals surface area contributed by atoms with Crippen LogP contribution in [0.3, 0.4) is 0 Å². The van der Waals surface area contributed by atoms with Crippen LogP contribution in [0.15, 0.2) is 23.0 Å². The normalized spacial score (nSPS) is 17.1. The number of aromatic amines is 1. The second kappa shape index (κ2) is 4.71. The number of rotatable bonds is 3. The van der Waals surface area contributed by atoms with Crippen molar-refractivity contribution in [1.82, 2.24) is 15.3 Å². The first-order valence-corrected chi connectivity index (χ1v) is 6.69. The van der Waals surface area contributed by atoms with E-state index in [9.17, 15) is 18.0 Å². The van der Waals surface area contributed by atoms with E-state index in [2.05, 4.69) is 15.3 Å². The van der Waals surface area contributed by atoms with E-state index in [1.807, 2.05) is 0 Å². The molecule has 1 aromatic heterocycles. The van der Waals surface area contributed by atoms with Gasteiger partial charge < -0.3 is 4.98 Å². The molecular weight excluding hydrogens is 307 g/mol. The zero-order chi connectivity index (χ0) is 15.3. The van der Waals surface area contributed by atoms with Gasteiger partial charge >= 0.3 is 6.18 Å². The third-order valence-electron chi connectivity index (χ3n) is 3.60. The average molecular weight is 318 g/mol. The van der Waals surface area contributed by atoms with Crippen LogP contribution in [0.4, 0.5) is 13.2 Å². The average Bonchev–Trinajstić information content (AvgIpc) is 3.16. The Labute approximate surface area is 122 Å². The fourth-order valence-electron chi connectivity index (χ4n) is 2.18. The fraction of sp³-hybridized carbons (Fsp3) is 0.385. The van der Waals surface area contributed by atoms with Crippen molar-refractivity contribution in [3.05, 3.63) is 39.4 Å². The number of H-pyrrole nitrogens is 1. The molecule has 4 nitrogen and oxygen atoms in total. The van der Waals surface area contributed by atoms with Crippen molar-refractivity contribution in [2.45, 2.75) is 31.1 Å². The molecule has 2 N–H and O–H groups in total. The van der Waals surface area contributed by atoms with Gasteiger partial charge in [0.2, 0.25) is 0 Å². The Morgan fingerprint density at radius 2 is 2.10 bits per heavy atom. The summed E-state index contributed by atoms with van der Waals surface area (Å²) in [6.07, 6.45) is -4.21. The topological polar surface area (TPSA) is 57.8 Å². The molecule has 0 unspecified atom stereocenters. The monoisotopic (exact) mass is 317 g/mol. The molecule has 1 fully saturated rings. The number of halogens is 4. The maximum Gasteiger partial charge on any atom is 0.406 e. The van der Waals surface area contributed by atoms with Crippen LogP contribution in [-0.2, 0) is 6.54 Å². The largest absolute Gasteiger partial charge is 0.406 e. The highest BCUT2D eigenvalue weighted by molar-refractivity contribution is 6.31. The lowest BCUT2D eigenvalue weighted by molar-refractivity contribution is -0.166. The van der Waals surface area contributed by atoms with Gasteiger partial charge in [-0.05, 0) is 31.0 Å². The van der Waals surface area contributed by atoms with Gasteiger partial charge in [0.1, 0.15) is 11.4 Å². The minimum absolute atomic E-state index is 0.0418. The highest BCUT2D eigenvalue weighted by Gasteiger charge is 2.63. The van der Waals surface area contributed by atoms with E-state index >= 15 is 0 Å². The highest BCUT2D eigenvalue weighted by atomic mass is 35.5. The van der Waals surface area contributed by atoms with Gasteiger partial charge in [-0.3, -0.25) is 10.1 Å². The Hall–Kier alpha value is -1.60. The van der Waals surface area contributed by atoms with Crippen LogP contribution in [-0.4, -0.2) is 21.7 Å². The fourth-order valence-corrected chi connectivity index (χ4v) is 2.35.